The first-order chi connectivity index (χ1) is 10.0. The first kappa shape index (κ1) is 15.4. The van der Waals surface area contributed by atoms with Gasteiger partial charge in [0.15, 0.2) is 5.75 Å². The number of aromatic amines is 2. The van der Waals surface area contributed by atoms with Crippen molar-refractivity contribution in [3.63, 3.8) is 0 Å². The van der Waals surface area contributed by atoms with Gasteiger partial charge in [-0.2, -0.15) is 0 Å². The third-order valence-electron chi connectivity index (χ3n) is 2.45. The van der Waals surface area contributed by atoms with E-state index in [1.54, 1.807) is 6.08 Å². The maximum atomic E-state index is 11.7. The summed E-state index contributed by atoms with van der Waals surface area (Å²) in [5.41, 5.74) is -1.21. The van der Waals surface area contributed by atoms with Crippen molar-refractivity contribution in [3.05, 3.63) is 50.2 Å². The monoisotopic (exact) mass is 330 g/mol. The minimum atomic E-state index is -2.85. The molecule has 2 aromatic rings. The highest BCUT2D eigenvalue weighted by Gasteiger charge is 2.11. The number of hydrogen-bond acceptors (Lipinski definition) is 5. The number of hydrogen-bond donors (Lipinski definition) is 2. The Morgan fingerprint density at radius 2 is 2.00 bits per heavy atom. The van der Waals surface area contributed by atoms with E-state index in [1.165, 1.54) is 18.4 Å². The van der Waals surface area contributed by atoms with Gasteiger partial charge < -0.3 is 19.0 Å². The summed E-state index contributed by atoms with van der Waals surface area (Å²) < 4.78 is 21.7. The summed E-state index contributed by atoms with van der Waals surface area (Å²) in [6.45, 7) is 1.89. The summed E-state index contributed by atoms with van der Waals surface area (Å²) in [7, 11) is -2.85. The van der Waals surface area contributed by atoms with Crippen molar-refractivity contribution in [2.75, 3.05) is 0 Å². The van der Waals surface area contributed by atoms with Crippen molar-refractivity contribution >= 4 is 30.9 Å². The zero-order valence-electron chi connectivity index (χ0n) is 10.9. The van der Waals surface area contributed by atoms with Gasteiger partial charge in [-0.3, -0.25) is 9.59 Å². The molecular weight excluding hydrogens is 319 g/mol. The smallest absolute Gasteiger partial charge is 0.418 e. The lowest BCUT2D eigenvalue weighted by Gasteiger charge is -2.08. The number of nitrogens with one attached hydrogen (secondary N) is 2. The van der Waals surface area contributed by atoms with Gasteiger partial charge in [0.2, 0.25) is 0 Å². The first-order valence-electron chi connectivity index (χ1n) is 6.00. The Kier molecular flexibility index (Phi) is 4.88. The van der Waals surface area contributed by atoms with Crippen molar-refractivity contribution in [3.8, 4) is 5.75 Å². The van der Waals surface area contributed by atoms with Crippen LogP contribution in [0, 0.1) is 0 Å². The molecule has 1 aromatic carbocycles. The van der Waals surface area contributed by atoms with Crippen molar-refractivity contribution in [2.45, 2.75) is 13.3 Å². The van der Waals surface area contributed by atoms with Crippen LogP contribution in [0.4, 0.5) is 0 Å². The van der Waals surface area contributed by atoms with E-state index in [4.69, 9.17) is 20.6 Å². The molecule has 1 unspecified atom stereocenters. The zero-order chi connectivity index (χ0) is 15.4. The van der Waals surface area contributed by atoms with Crippen LogP contribution in [-0.2, 0) is 9.09 Å². The van der Waals surface area contributed by atoms with Crippen LogP contribution >= 0.6 is 19.9 Å². The number of H-pyrrole nitrogens is 2. The van der Waals surface area contributed by atoms with Gasteiger partial charge in [0.25, 0.3) is 0 Å². The van der Waals surface area contributed by atoms with Crippen LogP contribution in [-0.4, -0.2) is 9.97 Å². The summed E-state index contributed by atoms with van der Waals surface area (Å²) in [5.74, 6) is 0.0552. The molecule has 0 bridgehead atoms. The van der Waals surface area contributed by atoms with Gasteiger partial charge in [0, 0.05) is 11.1 Å². The van der Waals surface area contributed by atoms with E-state index in [0.717, 1.165) is 6.42 Å². The Balaban J connectivity index is 2.41. The number of halogens is 1. The van der Waals surface area contributed by atoms with E-state index < -0.39 is 19.4 Å². The molecule has 2 rings (SSSR count). The molecule has 0 spiro atoms. The standard InChI is InChI=1S/C12H12ClN2O5P/c1-2-3-4-19-21(18)20-9-6-7(13)5-8-10(9)15-12(17)11(16)14-8/h3-6,21H,2H2,1H3,(H,14,16)(H,15,17). The molecule has 1 aromatic heterocycles. The highest BCUT2D eigenvalue weighted by Crippen LogP contribution is 2.34. The maximum Gasteiger partial charge on any atom is 0.418 e. The van der Waals surface area contributed by atoms with Crippen LogP contribution in [0.5, 0.6) is 5.75 Å². The van der Waals surface area contributed by atoms with Crippen LogP contribution in [0.3, 0.4) is 0 Å². The molecule has 21 heavy (non-hydrogen) atoms. The van der Waals surface area contributed by atoms with Crippen LogP contribution in [0.2, 0.25) is 5.02 Å². The predicted octanol–water partition coefficient (Wildman–Crippen LogP) is 2.58. The molecular formula is C12H12ClN2O5P. The lowest BCUT2D eigenvalue weighted by molar-refractivity contribution is 0.384. The third kappa shape index (κ3) is 3.77. The van der Waals surface area contributed by atoms with E-state index in [-0.39, 0.29) is 21.8 Å². The Morgan fingerprint density at radius 1 is 1.29 bits per heavy atom. The second-order valence-corrected chi connectivity index (χ2v) is 5.36. The van der Waals surface area contributed by atoms with Crippen molar-refractivity contribution < 1.29 is 13.6 Å². The van der Waals surface area contributed by atoms with E-state index >= 15 is 0 Å². The molecule has 0 aliphatic carbocycles. The summed E-state index contributed by atoms with van der Waals surface area (Å²) in [5, 5.41) is 0.249. The van der Waals surface area contributed by atoms with Crippen LogP contribution in [0.15, 0.2) is 34.1 Å². The molecule has 112 valence electrons. The summed E-state index contributed by atoms with van der Waals surface area (Å²) in [6.07, 6.45) is 3.67. The highest BCUT2D eigenvalue weighted by atomic mass is 35.5. The Hall–Kier alpha value is -1.98. The predicted molar refractivity (Wildman–Crippen MR) is 80.3 cm³/mol. The molecule has 1 atom stereocenters. The van der Waals surface area contributed by atoms with Gasteiger partial charge in [0.05, 0.1) is 11.8 Å². The number of allylic oxidation sites excluding steroid dienone is 1. The average Bonchev–Trinajstić information content (AvgIpc) is 2.41. The topological polar surface area (TPSA) is 101 Å². The fourth-order valence-corrected chi connectivity index (χ4v) is 2.36. The van der Waals surface area contributed by atoms with Crippen LogP contribution in [0.1, 0.15) is 13.3 Å². The fraction of sp³-hybridized carbons (Fsp3) is 0.167. The molecule has 0 saturated heterocycles. The molecule has 0 aliphatic heterocycles. The van der Waals surface area contributed by atoms with Crippen LogP contribution < -0.4 is 15.6 Å². The van der Waals surface area contributed by atoms with E-state index in [0.29, 0.717) is 0 Å². The normalized spacial score (nSPS) is 12.7. The largest absolute Gasteiger partial charge is 0.426 e. The second kappa shape index (κ2) is 6.65. The van der Waals surface area contributed by atoms with E-state index in [2.05, 4.69) is 9.97 Å². The maximum absolute atomic E-state index is 11.7. The van der Waals surface area contributed by atoms with E-state index in [1.807, 2.05) is 6.92 Å². The van der Waals surface area contributed by atoms with Crippen molar-refractivity contribution in [2.24, 2.45) is 0 Å². The minimum absolute atomic E-state index is 0.0552. The van der Waals surface area contributed by atoms with Crippen LogP contribution in [0.25, 0.3) is 11.0 Å². The quantitative estimate of drug-likeness (QED) is 0.498. The molecule has 2 N–H and O–H groups in total. The van der Waals surface area contributed by atoms with Gasteiger partial charge in [-0.05, 0) is 18.6 Å². The molecule has 0 saturated carbocycles. The molecule has 0 amide bonds. The number of rotatable bonds is 5. The summed E-state index contributed by atoms with van der Waals surface area (Å²) >= 11 is 5.89. The lowest BCUT2D eigenvalue weighted by Crippen LogP contribution is -2.29. The average molecular weight is 331 g/mol. The van der Waals surface area contributed by atoms with Gasteiger partial charge in [-0.15, -0.1) is 0 Å². The summed E-state index contributed by atoms with van der Waals surface area (Å²) in [4.78, 5) is 27.3. The Bertz CT molecular complexity index is 826. The highest BCUT2D eigenvalue weighted by molar-refractivity contribution is 7.33. The summed E-state index contributed by atoms with van der Waals surface area (Å²) in [6, 6.07) is 2.81. The second-order valence-electron chi connectivity index (χ2n) is 3.98. The molecule has 7 nitrogen and oxygen atoms in total. The SMILES string of the molecule is CCC=CO[PH](=O)Oc1cc(Cl)cc2[nH]c(=O)c(=O)[nH]c12. The van der Waals surface area contributed by atoms with Crippen molar-refractivity contribution in [1.82, 2.24) is 9.97 Å². The number of benzene rings is 1. The Labute approximate surface area is 124 Å². The molecule has 0 fully saturated rings. The lowest BCUT2D eigenvalue weighted by atomic mass is 10.3. The molecule has 0 radical (unpaired) electrons. The van der Waals surface area contributed by atoms with Gasteiger partial charge in [-0.25, -0.2) is 4.57 Å². The van der Waals surface area contributed by atoms with Gasteiger partial charge in [-0.1, -0.05) is 18.5 Å². The first-order valence-corrected chi connectivity index (χ1v) is 7.61. The van der Waals surface area contributed by atoms with Gasteiger partial charge >= 0.3 is 19.4 Å². The van der Waals surface area contributed by atoms with E-state index in [9.17, 15) is 14.2 Å². The Morgan fingerprint density at radius 3 is 2.71 bits per heavy atom. The van der Waals surface area contributed by atoms with Gasteiger partial charge in [0.1, 0.15) is 5.52 Å². The fourth-order valence-electron chi connectivity index (χ4n) is 1.55. The third-order valence-corrected chi connectivity index (χ3v) is 3.38. The zero-order valence-corrected chi connectivity index (χ0v) is 12.7. The number of aromatic nitrogens is 2. The molecule has 0 aliphatic rings. The molecule has 1 heterocycles. The van der Waals surface area contributed by atoms with Crippen molar-refractivity contribution in [1.29, 1.82) is 0 Å². The minimum Gasteiger partial charge on any atom is -0.426 e. The number of fused-ring (bicyclic) bond motifs is 1. The molecule has 9 heteroatoms.